The fourth-order valence-electron chi connectivity index (χ4n) is 2.31. The van der Waals surface area contributed by atoms with Gasteiger partial charge in [-0.3, -0.25) is 14.5 Å². The third-order valence-electron chi connectivity index (χ3n) is 3.33. The highest BCUT2D eigenvalue weighted by Gasteiger charge is 2.22. The summed E-state index contributed by atoms with van der Waals surface area (Å²) < 4.78 is 28.3. The Hall–Kier alpha value is -2.46. The van der Waals surface area contributed by atoms with E-state index < -0.39 is 26.2 Å². The number of hydrogen-bond donors (Lipinski definition) is 3. The van der Waals surface area contributed by atoms with Crippen LogP contribution in [-0.4, -0.2) is 23.4 Å². The zero-order valence-electron chi connectivity index (χ0n) is 12.8. The van der Waals surface area contributed by atoms with E-state index in [1.54, 1.807) is 29.5 Å². The molecule has 10 heteroatoms. The zero-order chi connectivity index (χ0) is 17.5. The van der Waals surface area contributed by atoms with Gasteiger partial charge in [0.05, 0.1) is 20.9 Å². The first kappa shape index (κ1) is 16.4. The second-order valence-corrected chi connectivity index (χ2v) is 7.85. The molecule has 2 heterocycles. The minimum absolute atomic E-state index is 0.0285. The minimum Gasteiger partial charge on any atom is -0.310 e. The summed E-state index contributed by atoms with van der Waals surface area (Å²) in [5.74, 6) is 0. The molecule has 0 aliphatic carbocycles. The summed E-state index contributed by atoms with van der Waals surface area (Å²) >= 11 is 1.54. The Bertz CT molecular complexity index is 1140. The van der Waals surface area contributed by atoms with Crippen molar-refractivity contribution >= 4 is 37.3 Å². The maximum Gasteiger partial charge on any atom is 0.325 e. The van der Waals surface area contributed by atoms with Gasteiger partial charge in [-0.1, -0.05) is 6.92 Å². The lowest BCUT2D eigenvalue weighted by Gasteiger charge is -2.09. The van der Waals surface area contributed by atoms with Gasteiger partial charge in [-0.25, -0.2) is 18.2 Å². The summed E-state index contributed by atoms with van der Waals surface area (Å²) in [6, 6.07) is 4.98. The molecule has 0 unspecified atom stereocenters. The standard InChI is InChI=1S/C14H14N4O4S2/c1-3-11-16-9-6-8(4-5-10(9)23-11)18-24(21,22)12-7(2)15-14(20)17-13(12)19/h4-6,18H,3H2,1-2H3,(H2,15,17,19,20). The molecule has 1 aromatic carbocycles. The van der Waals surface area contributed by atoms with E-state index >= 15 is 0 Å². The number of aromatic amines is 2. The van der Waals surface area contributed by atoms with Gasteiger partial charge < -0.3 is 4.98 Å². The van der Waals surface area contributed by atoms with Crippen LogP contribution in [0.1, 0.15) is 17.6 Å². The highest BCUT2D eigenvalue weighted by atomic mass is 32.2. The smallest absolute Gasteiger partial charge is 0.310 e. The second-order valence-electron chi connectivity index (χ2n) is 5.11. The quantitative estimate of drug-likeness (QED) is 0.643. The van der Waals surface area contributed by atoms with Gasteiger partial charge in [0, 0.05) is 5.69 Å². The Morgan fingerprint density at radius 2 is 2.00 bits per heavy atom. The van der Waals surface area contributed by atoms with Gasteiger partial charge in [-0.2, -0.15) is 0 Å². The molecular weight excluding hydrogens is 352 g/mol. The highest BCUT2D eigenvalue weighted by molar-refractivity contribution is 7.92. The molecule has 0 atom stereocenters. The fourth-order valence-corrected chi connectivity index (χ4v) is 4.48. The first-order valence-corrected chi connectivity index (χ1v) is 9.35. The first-order valence-electron chi connectivity index (χ1n) is 7.05. The number of anilines is 1. The molecule has 0 saturated heterocycles. The molecule has 0 radical (unpaired) electrons. The van der Waals surface area contributed by atoms with Crippen LogP contribution in [0.25, 0.3) is 10.2 Å². The summed E-state index contributed by atoms with van der Waals surface area (Å²) in [5.41, 5.74) is -0.775. The van der Waals surface area contributed by atoms with Crippen LogP contribution in [0.5, 0.6) is 0 Å². The molecule has 24 heavy (non-hydrogen) atoms. The predicted molar refractivity (Wildman–Crippen MR) is 92.2 cm³/mol. The predicted octanol–water partition coefficient (Wildman–Crippen LogP) is 1.34. The van der Waals surface area contributed by atoms with Gasteiger partial charge in [-0.15, -0.1) is 11.3 Å². The van der Waals surface area contributed by atoms with Gasteiger partial charge in [0.25, 0.3) is 15.6 Å². The van der Waals surface area contributed by atoms with Crippen molar-refractivity contribution in [3.05, 3.63) is 49.7 Å². The Morgan fingerprint density at radius 3 is 2.67 bits per heavy atom. The summed E-state index contributed by atoms with van der Waals surface area (Å²) in [6.45, 7) is 3.34. The van der Waals surface area contributed by atoms with Crippen molar-refractivity contribution in [2.24, 2.45) is 0 Å². The zero-order valence-corrected chi connectivity index (χ0v) is 14.5. The van der Waals surface area contributed by atoms with Crippen molar-refractivity contribution in [2.75, 3.05) is 4.72 Å². The molecule has 0 fully saturated rings. The normalized spacial score (nSPS) is 11.8. The number of benzene rings is 1. The van der Waals surface area contributed by atoms with Crippen LogP contribution in [-0.2, 0) is 16.4 Å². The van der Waals surface area contributed by atoms with Gasteiger partial charge in [-0.05, 0) is 31.5 Å². The number of hydrogen-bond acceptors (Lipinski definition) is 6. The molecule has 3 N–H and O–H groups in total. The fraction of sp³-hybridized carbons (Fsp3) is 0.214. The number of aryl methyl sites for hydroxylation is 2. The summed E-state index contributed by atoms with van der Waals surface area (Å²) in [6.07, 6.45) is 0.798. The lowest BCUT2D eigenvalue weighted by atomic mass is 10.3. The van der Waals surface area contributed by atoms with Gasteiger partial charge in [0.1, 0.15) is 0 Å². The molecule has 8 nitrogen and oxygen atoms in total. The van der Waals surface area contributed by atoms with Crippen molar-refractivity contribution in [3.8, 4) is 0 Å². The van der Waals surface area contributed by atoms with Gasteiger partial charge >= 0.3 is 5.69 Å². The molecule has 126 valence electrons. The van der Waals surface area contributed by atoms with Crippen molar-refractivity contribution in [1.29, 1.82) is 0 Å². The van der Waals surface area contributed by atoms with Crippen molar-refractivity contribution in [3.63, 3.8) is 0 Å². The van der Waals surface area contributed by atoms with Crippen LogP contribution in [0.4, 0.5) is 5.69 Å². The molecule has 0 aliphatic rings. The molecular formula is C14H14N4O4S2. The number of thiazole rings is 1. The van der Waals surface area contributed by atoms with Crippen LogP contribution in [0.15, 0.2) is 32.7 Å². The van der Waals surface area contributed by atoms with Gasteiger partial charge in [0.2, 0.25) is 0 Å². The third-order valence-corrected chi connectivity index (χ3v) is 6.04. The van der Waals surface area contributed by atoms with E-state index in [1.807, 2.05) is 11.9 Å². The molecule has 0 aliphatic heterocycles. The largest absolute Gasteiger partial charge is 0.325 e. The van der Waals surface area contributed by atoms with Crippen LogP contribution < -0.4 is 16.0 Å². The van der Waals surface area contributed by atoms with Crippen LogP contribution in [0.3, 0.4) is 0 Å². The molecule has 3 aromatic rings. The molecule has 0 amide bonds. The minimum atomic E-state index is -4.15. The Kier molecular flexibility index (Phi) is 4.01. The SMILES string of the molecule is CCc1nc2cc(NS(=O)(=O)c3c(C)[nH]c(=O)[nH]c3=O)ccc2s1. The Labute approximate surface area is 140 Å². The van der Waals surface area contributed by atoms with E-state index in [0.717, 1.165) is 16.1 Å². The van der Waals surface area contributed by atoms with E-state index in [-0.39, 0.29) is 5.69 Å². The Balaban J connectivity index is 2.04. The average Bonchev–Trinajstić information content (AvgIpc) is 2.87. The maximum absolute atomic E-state index is 12.5. The number of rotatable bonds is 4. The average molecular weight is 366 g/mol. The molecule has 3 rings (SSSR count). The highest BCUT2D eigenvalue weighted by Crippen LogP contribution is 2.26. The topological polar surface area (TPSA) is 125 Å². The van der Waals surface area contributed by atoms with Crippen LogP contribution >= 0.6 is 11.3 Å². The van der Waals surface area contributed by atoms with Crippen LogP contribution in [0.2, 0.25) is 0 Å². The lowest BCUT2D eigenvalue weighted by molar-refractivity contribution is 0.598. The number of aromatic nitrogens is 3. The van der Waals surface area contributed by atoms with E-state index in [1.165, 1.54) is 6.92 Å². The number of sulfonamides is 1. The number of nitrogens with one attached hydrogen (secondary N) is 3. The van der Waals surface area contributed by atoms with Crippen molar-refractivity contribution in [2.45, 2.75) is 25.2 Å². The maximum atomic E-state index is 12.5. The van der Waals surface area contributed by atoms with E-state index in [9.17, 15) is 18.0 Å². The summed E-state index contributed by atoms with van der Waals surface area (Å²) in [7, 11) is -4.15. The van der Waals surface area contributed by atoms with E-state index in [2.05, 4.69) is 14.7 Å². The molecule has 2 aromatic heterocycles. The number of fused-ring (bicyclic) bond motifs is 1. The van der Waals surface area contributed by atoms with E-state index in [0.29, 0.717) is 11.2 Å². The van der Waals surface area contributed by atoms with E-state index in [4.69, 9.17) is 0 Å². The first-order chi connectivity index (χ1) is 11.3. The number of H-pyrrole nitrogens is 2. The van der Waals surface area contributed by atoms with Crippen LogP contribution in [0, 0.1) is 6.92 Å². The molecule has 0 saturated carbocycles. The van der Waals surface area contributed by atoms with Crippen molar-refractivity contribution < 1.29 is 8.42 Å². The number of nitrogens with zero attached hydrogens (tertiary/aromatic N) is 1. The molecule has 0 bridgehead atoms. The van der Waals surface area contributed by atoms with Crippen molar-refractivity contribution in [1.82, 2.24) is 15.0 Å². The monoisotopic (exact) mass is 366 g/mol. The summed E-state index contributed by atoms with van der Waals surface area (Å²) in [4.78, 5) is 31.1. The second kappa shape index (κ2) is 5.87. The third kappa shape index (κ3) is 2.97. The Morgan fingerprint density at radius 1 is 1.25 bits per heavy atom. The lowest BCUT2D eigenvalue weighted by Crippen LogP contribution is -2.31. The molecule has 0 spiro atoms. The van der Waals surface area contributed by atoms with Gasteiger partial charge in [0.15, 0.2) is 4.90 Å². The summed E-state index contributed by atoms with van der Waals surface area (Å²) in [5, 5.41) is 0.956.